The predicted octanol–water partition coefficient (Wildman–Crippen LogP) is 3.09. The highest BCUT2D eigenvalue weighted by Crippen LogP contribution is 2.28. The van der Waals surface area contributed by atoms with E-state index in [1.165, 1.54) is 0 Å². The normalized spacial score (nSPS) is 20.3. The summed E-state index contributed by atoms with van der Waals surface area (Å²) in [5.41, 5.74) is 0.414. The molecule has 0 bridgehead atoms. The number of hydrogen-bond donors (Lipinski definition) is 2. The van der Waals surface area contributed by atoms with Gasteiger partial charge in [-0.1, -0.05) is 64.5 Å². The molecule has 1 heterocycles. The number of carbonyl (C=O) groups excluding carboxylic acids is 3. The van der Waals surface area contributed by atoms with Gasteiger partial charge in [-0.25, -0.2) is 4.79 Å². The van der Waals surface area contributed by atoms with Crippen molar-refractivity contribution in [2.24, 2.45) is 0 Å². The molecule has 1 fully saturated rings. The summed E-state index contributed by atoms with van der Waals surface area (Å²) < 4.78 is 0.879. The summed E-state index contributed by atoms with van der Waals surface area (Å²) in [7, 11) is 0. The lowest BCUT2D eigenvalue weighted by Gasteiger charge is -2.22. The molecule has 7 heteroatoms. The Labute approximate surface area is 166 Å². The van der Waals surface area contributed by atoms with Crippen LogP contribution in [-0.2, 0) is 15.1 Å². The quantitative estimate of drug-likeness (QED) is 0.716. The monoisotopic (exact) mass is 429 g/mol. The minimum atomic E-state index is -1.17. The van der Waals surface area contributed by atoms with E-state index in [-0.39, 0.29) is 12.6 Å². The lowest BCUT2D eigenvalue weighted by atomic mass is 9.92. The zero-order valence-electron chi connectivity index (χ0n) is 15.0. The van der Waals surface area contributed by atoms with Gasteiger partial charge < -0.3 is 10.6 Å². The standard InChI is InChI=1S/C20H20BrN3O3/c1-13(15-10-6-7-11-16(15)21)22-17(25)12-24-18(26)20(2,23-19(24)27)14-8-4-3-5-9-14/h3-11,13H,12H2,1-2H3,(H,22,25)(H,23,27). The van der Waals surface area contributed by atoms with Crippen molar-refractivity contribution in [2.75, 3.05) is 6.54 Å². The molecule has 6 nitrogen and oxygen atoms in total. The molecular weight excluding hydrogens is 410 g/mol. The molecule has 0 saturated carbocycles. The Morgan fingerprint density at radius 1 is 1.15 bits per heavy atom. The maximum Gasteiger partial charge on any atom is 0.325 e. The van der Waals surface area contributed by atoms with Gasteiger partial charge >= 0.3 is 6.03 Å². The van der Waals surface area contributed by atoms with Gasteiger partial charge in [0.1, 0.15) is 12.1 Å². The average Bonchev–Trinajstić information content (AvgIpc) is 2.87. The molecular formula is C20H20BrN3O3. The number of imide groups is 1. The molecule has 2 atom stereocenters. The van der Waals surface area contributed by atoms with Crippen molar-refractivity contribution < 1.29 is 14.4 Å². The molecule has 1 aliphatic heterocycles. The van der Waals surface area contributed by atoms with Crippen LogP contribution in [0, 0.1) is 0 Å². The number of benzene rings is 2. The lowest BCUT2D eigenvalue weighted by Crippen LogP contribution is -2.43. The first-order chi connectivity index (χ1) is 12.8. The Bertz CT molecular complexity index is 887. The topological polar surface area (TPSA) is 78.5 Å². The first kappa shape index (κ1) is 19.1. The molecule has 4 amide bonds. The Morgan fingerprint density at radius 2 is 1.78 bits per heavy atom. The molecule has 1 saturated heterocycles. The summed E-state index contributed by atoms with van der Waals surface area (Å²) in [5, 5.41) is 5.53. The van der Waals surface area contributed by atoms with Crippen LogP contribution in [-0.4, -0.2) is 29.3 Å². The van der Waals surface area contributed by atoms with Crippen LogP contribution in [0.15, 0.2) is 59.1 Å². The van der Waals surface area contributed by atoms with Crippen molar-refractivity contribution in [3.8, 4) is 0 Å². The smallest absolute Gasteiger partial charge is 0.325 e. The number of rotatable bonds is 5. The van der Waals surface area contributed by atoms with E-state index < -0.39 is 23.4 Å². The van der Waals surface area contributed by atoms with Gasteiger partial charge in [-0.2, -0.15) is 0 Å². The summed E-state index contributed by atoms with van der Waals surface area (Å²) in [5.74, 6) is -0.846. The highest BCUT2D eigenvalue weighted by atomic mass is 79.9. The lowest BCUT2D eigenvalue weighted by molar-refractivity contribution is -0.135. The van der Waals surface area contributed by atoms with Crippen LogP contribution < -0.4 is 10.6 Å². The van der Waals surface area contributed by atoms with Gasteiger partial charge in [-0.3, -0.25) is 14.5 Å². The third kappa shape index (κ3) is 3.73. The van der Waals surface area contributed by atoms with Crippen LogP contribution >= 0.6 is 15.9 Å². The molecule has 2 N–H and O–H groups in total. The molecule has 2 aromatic carbocycles. The van der Waals surface area contributed by atoms with Gasteiger partial charge in [-0.15, -0.1) is 0 Å². The molecule has 0 aromatic heterocycles. The maximum atomic E-state index is 12.8. The van der Waals surface area contributed by atoms with Crippen molar-refractivity contribution in [1.82, 2.24) is 15.5 Å². The number of nitrogens with zero attached hydrogens (tertiary/aromatic N) is 1. The fourth-order valence-electron chi connectivity index (χ4n) is 3.14. The van der Waals surface area contributed by atoms with E-state index in [4.69, 9.17) is 0 Å². The van der Waals surface area contributed by atoms with E-state index >= 15 is 0 Å². The summed E-state index contributed by atoms with van der Waals surface area (Å²) in [4.78, 5) is 38.5. The molecule has 2 unspecified atom stereocenters. The van der Waals surface area contributed by atoms with E-state index in [1.54, 1.807) is 31.2 Å². The van der Waals surface area contributed by atoms with E-state index in [0.29, 0.717) is 5.56 Å². The number of hydrogen-bond acceptors (Lipinski definition) is 3. The Hall–Kier alpha value is -2.67. The van der Waals surface area contributed by atoms with E-state index in [0.717, 1.165) is 14.9 Å². The molecule has 1 aliphatic rings. The van der Waals surface area contributed by atoms with E-state index in [2.05, 4.69) is 26.6 Å². The second-order valence-electron chi connectivity index (χ2n) is 6.62. The summed E-state index contributed by atoms with van der Waals surface area (Å²) in [6, 6.07) is 15.7. The molecule has 3 rings (SSSR count). The second-order valence-corrected chi connectivity index (χ2v) is 7.48. The minimum absolute atomic E-state index is 0.269. The fraction of sp³-hybridized carbons (Fsp3) is 0.250. The summed E-state index contributed by atoms with van der Waals surface area (Å²) in [6.07, 6.45) is 0. The number of amides is 4. The molecule has 0 spiro atoms. The second kappa shape index (κ2) is 7.52. The Balaban J connectivity index is 1.70. The number of nitrogens with one attached hydrogen (secondary N) is 2. The molecule has 2 aromatic rings. The van der Waals surface area contributed by atoms with Crippen molar-refractivity contribution >= 4 is 33.8 Å². The predicted molar refractivity (Wildman–Crippen MR) is 105 cm³/mol. The zero-order valence-corrected chi connectivity index (χ0v) is 16.6. The van der Waals surface area contributed by atoms with Crippen LogP contribution in [0.1, 0.15) is 31.0 Å². The van der Waals surface area contributed by atoms with E-state index in [1.807, 2.05) is 37.3 Å². The van der Waals surface area contributed by atoms with Crippen LogP contribution in [0.5, 0.6) is 0 Å². The summed E-state index contributed by atoms with van der Waals surface area (Å²) >= 11 is 3.45. The Kier molecular flexibility index (Phi) is 5.32. The zero-order chi connectivity index (χ0) is 19.6. The maximum absolute atomic E-state index is 12.8. The Morgan fingerprint density at radius 3 is 2.44 bits per heavy atom. The van der Waals surface area contributed by atoms with Crippen LogP contribution in [0.3, 0.4) is 0 Å². The molecule has 27 heavy (non-hydrogen) atoms. The minimum Gasteiger partial charge on any atom is -0.348 e. The highest BCUT2D eigenvalue weighted by Gasteiger charge is 2.49. The van der Waals surface area contributed by atoms with Gasteiger partial charge in [0.25, 0.3) is 5.91 Å². The van der Waals surface area contributed by atoms with Crippen molar-refractivity contribution in [3.63, 3.8) is 0 Å². The van der Waals surface area contributed by atoms with Gasteiger partial charge in [0.05, 0.1) is 6.04 Å². The van der Waals surface area contributed by atoms with Gasteiger partial charge in [-0.05, 0) is 31.0 Å². The van der Waals surface area contributed by atoms with Crippen molar-refractivity contribution in [1.29, 1.82) is 0 Å². The molecule has 0 radical (unpaired) electrons. The van der Waals surface area contributed by atoms with E-state index in [9.17, 15) is 14.4 Å². The highest BCUT2D eigenvalue weighted by molar-refractivity contribution is 9.10. The summed E-state index contributed by atoms with van der Waals surface area (Å²) in [6.45, 7) is 3.16. The first-order valence-electron chi connectivity index (χ1n) is 8.56. The number of halogens is 1. The van der Waals surface area contributed by atoms with Crippen molar-refractivity contribution in [3.05, 3.63) is 70.2 Å². The van der Waals surface area contributed by atoms with Crippen LogP contribution in [0.2, 0.25) is 0 Å². The third-order valence-corrected chi connectivity index (χ3v) is 5.40. The average molecular weight is 430 g/mol. The van der Waals surface area contributed by atoms with Gasteiger partial charge in [0.15, 0.2) is 0 Å². The van der Waals surface area contributed by atoms with Gasteiger partial charge in [0.2, 0.25) is 5.91 Å². The first-order valence-corrected chi connectivity index (χ1v) is 9.35. The third-order valence-electron chi connectivity index (χ3n) is 4.68. The van der Waals surface area contributed by atoms with Crippen LogP contribution in [0.4, 0.5) is 4.79 Å². The molecule has 0 aliphatic carbocycles. The SMILES string of the molecule is CC(NC(=O)CN1C(=O)NC(C)(c2ccccc2)C1=O)c1ccccc1Br. The fourth-order valence-corrected chi connectivity index (χ4v) is 3.77. The number of carbonyl (C=O) groups is 3. The molecule has 140 valence electrons. The van der Waals surface area contributed by atoms with Crippen molar-refractivity contribution in [2.45, 2.75) is 25.4 Å². The largest absolute Gasteiger partial charge is 0.348 e. The van der Waals surface area contributed by atoms with Gasteiger partial charge in [0, 0.05) is 4.47 Å². The number of urea groups is 1. The van der Waals surface area contributed by atoms with Crippen LogP contribution in [0.25, 0.3) is 0 Å².